The first kappa shape index (κ1) is 24.8. The molecule has 0 aliphatic carbocycles. The highest BCUT2D eigenvalue weighted by Crippen LogP contribution is 2.26. The maximum atomic E-state index is 13.4. The summed E-state index contributed by atoms with van der Waals surface area (Å²) in [5, 5.41) is 3.40. The molecular formula is C26H29ClN2O3S. The van der Waals surface area contributed by atoms with Crippen LogP contribution in [-0.4, -0.2) is 20.9 Å². The molecule has 0 aromatic heterocycles. The monoisotopic (exact) mass is 484 g/mol. The Morgan fingerprint density at radius 2 is 1.52 bits per heavy atom. The highest BCUT2D eigenvalue weighted by atomic mass is 35.5. The van der Waals surface area contributed by atoms with Crippen molar-refractivity contribution < 1.29 is 13.2 Å². The third kappa shape index (κ3) is 6.15. The molecule has 3 aromatic carbocycles. The van der Waals surface area contributed by atoms with Crippen molar-refractivity contribution in [3.8, 4) is 0 Å². The molecule has 0 saturated heterocycles. The predicted molar refractivity (Wildman–Crippen MR) is 134 cm³/mol. The standard InChI is InChI=1S/C26H29ClN2O3S/c1-19(20-10-12-21(13-11-20)26(2,3)4)28-25(30)18-29(23-16-14-22(27)15-17-23)33(31,32)24-8-6-5-7-9-24/h5-17,19H,18H2,1-4H3,(H,28,30). The first-order chi connectivity index (χ1) is 15.5. The Balaban J connectivity index is 1.82. The Morgan fingerprint density at radius 1 is 0.939 bits per heavy atom. The van der Waals surface area contributed by atoms with E-state index < -0.39 is 15.9 Å². The molecule has 0 heterocycles. The number of nitrogens with one attached hydrogen (secondary N) is 1. The summed E-state index contributed by atoms with van der Waals surface area (Å²) in [7, 11) is -3.96. The molecule has 0 aliphatic rings. The summed E-state index contributed by atoms with van der Waals surface area (Å²) in [6.07, 6.45) is 0. The third-order valence-corrected chi connectivity index (χ3v) is 7.43. The van der Waals surface area contributed by atoms with Crippen LogP contribution in [0.2, 0.25) is 5.02 Å². The van der Waals surface area contributed by atoms with E-state index in [2.05, 4.69) is 38.2 Å². The van der Waals surface area contributed by atoms with Gasteiger partial charge in [-0.3, -0.25) is 9.10 Å². The van der Waals surface area contributed by atoms with E-state index >= 15 is 0 Å². The summed E-state index contributed by atoms with van der Waals surface area (Å²) >= 11 is 5.98. The topological polar surface area (TPSA) is 66.5 Å². The molecular weight excluding hydrogens is 456 g/mol. The van der Waals surface area contributed by atoms with Gasteiger partial charge in [0.2, 0.25) is 5.91 Å². The van der Waals surface area contributed by atoms with Crippen LogP contribution in [0.3, 0.4) is 0 Å². The lowest BCUT2D eigenvalue weighted by molar-refractivity contribution is -0.120. The molecule has 3 aromatic rings. The number of amides is 1. The van der Waals surface area contributed by atoms with Crippen LogP contribution < -0.4 is 9.62 Å². The number of hydrogen-bond acceptors (Lipinski definition) is 3. The molecule has 0 fully saturated rings. The van der Waals surface area contributed by atoms with E-state index in [1.807, 2.05) is 19.1 Å². The van der Waals surface area contributed by atoms with Crippen LogP contribution in [0, 0.1) is 0 Å². The smallest absolute Gasteiger partial charge is 0.264 e. The number of rotatable bonds is 7. The van der Waals surface area contributed by atoms with Gasteiger partial charge in [-0.15, -0.1) is 0 Å². The molecule has 1 atom stereocenters. The quantitative estimate of drug-likeness (QED) is 0.467. The van der Waals surface area contributed by atoms with E-state index in [0.29, 0.717) is 10.7 Å². The van der Waals surface area contributed by atoms with Gasteiger partial charge >= 0.3 is 0 Å². The van der Waals surface area contributed by atoms with Crippen molar-refractivity contribution in [3.63, 3.8) is 0 Å². The molecule has 3 rings (SSSR count). The second kappa shape index (κ2) is 9.98. The van der Waals surface area contributed by atoms with Gasteiger partial charge in [-0.2, -0.15) is 0 Å². The summed E-state index contributed by atoms with van der Waals surface area (Å²) in [5.41, 5.74) is 2.55. The average molecular weight is 485 g/mol. The fraction of sp³-hybridized carbons (Fsp3) is 0.269. The normalized spacial score (nSPS) is 12.8. The van der Waals surface area contributed by atoms with Crippen molar-refractivity contribution in [1.82, 2.24) is 5.32 Å². The van der Waals surface area contributed by atoms with Crippen LogP contribution in [-0.2, 0) is 20.2 Å². The molecule has 5 nitrogen and oxygen atoms in total. The molecule has 174 valence electrons. The fourth-order valence-corrected chi connectivity index (χ4v) is 4.98. The van der Waals surface area contributed by atoms with Crippen LogP contribution in [0.25, 0.3) is 0 Å². The predicted octanol–water partition coefficient (Wildman–Crippen LogP) is 5.71. The molecule has 0 bridgehead atoms. The summed E-state index contributed by atoms with van der Waals surface area (Å²) in [4.78, 5) is 13.0. The van der Waals surface area contributed by atoms with Crippen LogP contribution in [0.4, 0.5) is 5.69 Å². The zero-order chi connectivity index (χ0) is 24.2. The minimum Gasteiger partial charge on any atom is -0.348 e. The van der Waals surface area contributed by atoms with E-state index in [1.165, 1.54) is 17.7 Å². The van der Waals surface area contributed by atoms with Crippen LogP contribution in [0.1, 0.15) is 44.9 Å². The highest BCUT2D eigenvalue weighted by Gasteiger charge is 2.27. The van der Waals surface area contributed by atoms with Crippen molar-refractivity contribution in [2.24, 2.45) is 0 Å². The van der Waals surface area contributed by atoms with Crippen LogP contribution >= 0.6 is 11.6 Å². The molecule has 0 aliphatic heterocycles. The minimum absolute atomic E-state index is 0.0376. The van der Waals surface area contributed by atoms with Crippen molar-refractivity contribution in [2.45, 2.75) is 44.0 Å². The Hall–Kier alpha value is -2.83. The Labute approximate surface area is 201 Å². The van der Waals surface area contributed by atoms with Gasteiger partial charge in [0, 0.05) is 5.02 Å². The van der Waals surface area contributed by atoms with Gasteiger partial charge in [0.25, 0.3) is 10.0 Å². The SMILES string of the molecule is CC(NC(=O)CN(c1ccc(Cl)cc1)S(=O)(=O)c1ccccc1)c1ccc(C(C)(C)C)cc1. The number of carbonyl (C=O) groups is 1. The second-order valence-electron chi connectivity index (χ2n) is 8.96. The van der Waals surface area contributed by atoms with E-state index in [0.717, 1.165) is 9.87 Å². The van der Waals surface area contributed by atoms with Crippen LogP contribution in [0.5, 0.6) is 0 Å². The Bertz CT molecular complexity index is 1190. The maximum absolute atomic E-state index is 13.4. The molecule has 1 amide bonds. The van der Waals surface area contributed by atoms with Gasteiger partial charge in [0.15, 0.2) is 0 Å². The van der Waals surface area contributed by atoms with E-state index in [4.69, 9.17) is 11.6 Å². The summed E-state index contributed by atoms with van der Waals surface area (Å²) in [6.45, 7) is 7.95. The number of nitrogens with zero attached hydrogens (tertiary/aromatic N) is 1. The van der Waals surface area contributed by atoms with Crippen molar-refractivity contribution in [1.29, 1.82) is 0 Å². The lowest BCUT2D eigenvalue weighted by Gasteiger charge is -2.25. The molecule has 33 heavy (non-hydrogen) atoms. The van der Waals surface area contributed by atoms with Gasteiger partial charge in [0.05, 0.1) is 16.6 Å². The molecule has 0 radical (unpaired) electrons. The van der Waals surface area contributed by atoms with E-state index in [-0.39, 0.29) is 22.9 Å². The molecule has 0 spiro atoms. The van der Waals surface area contributed by atoms with Crippen molar-refractivity contribution >= 4 is 33.2 Å². The molecule has 7 heteroatoms. The van der Waals surface area contributed by atoms with E-state index in [9.17, 15) is 13.2 Å². The number of sulfonamides is 1. The Kier molecular flexibility index (Phi) is 7.50. The van der Waals surface area contributed by atoms with Gasteiger partial charge in [-0.1, -0.05) is 74.8 Å². The largest absolute Gasteiger partial charge is 0.348 e. The fourth-order valence-electron chi connectivity index (χ4n) is 3.41. The van der Waals surface area contributed by atoms with Gasteiger partial charge in [-0.25, -0.2) is 8.42 Å². The number of halogens is 1. The summed E-state index contributed by atoms with van der Waals surface area (Å²) in [5.74, 6) is -0.406. The second-order valence-corrected chi connectivity index (χ2v) is 11.3. The zero-order valence-corrected chi connectivity index (χ0v) is 20.8. The van der Waals surface area contributed by atoms with Gasteiger partial charge in [0.1, 0.15) is 6.54 Å². The van der Waals surface area contributed by atoms with E-state index in [1.54, 1.807) is 42.5 Å². The lowest BCUT2D eigenvalue weighted by Crippen LogP contribution is -2.41. The number of carbonyl (C=O) groups excluding carboxylic acids is 1. The minimum atomic E-state index is -3.96. The number of anilines is 1. The Morgan fingerprint density at radius 3 is 2.06 bits per heavy atom. The van der Waals surface area contributed by atoms with Crippen LogP contribution in [0.15, 0.2) is 83.8 Å². The maximum Gasteiger partial charge on any atom is 0.264 e. The molecule has 1 unspecified atom stereocenters. The summed E-state index contributed by atoms with van der Waals surface area (Å²) in [6, 6.07) is 22.2. The van der Waals surface area contributed by atoms with Gasteiger partial charge in [-0.05, 0) is 59.9 Å². The first-order valence-electron chi connectivity index (χ1n) is 10.7. The number of benzene rings is 3. The molecule has 0 saturated carbocycles. The third-order valence-electron chi connectivity index (χ3n) is 5.39. The molecule has 1 N–H and O–H groups in total. The zero-order valence-electron chi connectivity index (χ0n) is 19.2. The average Bonchev–Trinajstić information content (AvgIpc) is 2.78. The van der Waals surface area contributed by atoms with Crippen molar-refractivity contribution in [3.05, 3.63) is 95.0 Å². The number of hydrogen-bond donors (Lipinski definition) is 1. The lowest BCUT2D eigenvalue weighted by atomic mass is 9.86. The summed E-state index contributed by atoms with van der Waals surface area (Å²) < 4.78 is 27.8. The van der Waals surface area contributed by atoms with Crippen molar-refractivity contribution in [2.75, 3.05) is 10.8 Å². The highest BCUT2D eigenvalue weighted by molar-refractivity contribution is 7.92. The first-order valence-corrected chi connectivity index (χ1v) is 12.5. The van der Waals surface area contributed by atoms with Gasteiger partial charge < -0.3 is 5.32 Å².